The van der Waals surface area contributed by atoms with Crippen molar-refractivity contribution < 1.29 is 9.59 Å². The number of nitrogens with two attached hydrogens (primary N) is 1. The van der Waals surface area contributed by atoms with Gasteiger partial charge in [0.05, 0.1) is 11.6 Å². The van der Waals surface area contributed by atoms with Crippen molar-refractivity contribution in [1.29, 1.82) is 5.26 Å². The number of pyridine rings is 1. The van der Waals surface area contributed by atoms with Crippen molar-refractivity contribution in [3.05, 3.63) is 65.5 Å². The van der Waals surface area contributed by atoms with E-state index in [1.165, 1.54) is 12.4 Å². The SMILES string of the molecule is N#Cc1ccc(C[C@H](NC(=O)c2ccncc2)C(N)=O)cc1. The molecule has 0 radical (unpaired) electrons. The predicted molar refractivity (Wildman–Crippen MR) is 79.5 cm³/mol. The van der Waals surface area contributed by atoms with Crippen LogP contribution < -0.4 is 11.1 Å². The van der Waals surface area contributed by atoms with E-state index in [0.29, 0.717) is 11.1 Å². The zero-order chi connectivity index (χ0) is 15.9. The second kappa shape index (κ2) is 6.99. The number of rotatable bonds is 5. The van der Waals surface area contributed by atoms with Crippen LogP contribution in [0.5, 0.6) is 0 Å². The van der Waals surface area contributed by atoms with Crippen molar-refractivity contribution in [2.75, 3.05) is 0 Å². The Balaban J connectivity index is 2.08. The maximum Gasteiger partial charge on any atom is 0.252 e. The van der Waals surface area contributed by atoms with Crippen molar-refractivity contribution >= 4 is 11.8 Å². The lowest BCUT2D eigenvalue weighted by Gasteiger charge is -2.15. The molecular weight excluding hydrogens is 280 g/mol. The highest BCUT2D eigenvalue weighted by Gasteiger charge is 2.19. The molecule has 0 bridgehead atoms. The molecule has 1 aromatic heterocycles. The second-order valence-corrected chi connectivity index (χ2v) is 4.68. The maximum absolute atomic E-state index is 12.1. The monoisotopic (exact) mass is 294 g/mol. The van der Waals surface area contributed by atoms with E-state index in [1.807, 2.05) is 6.07 Å². The van der Waals surface area contributed by atoms with Crippen LogP contribution in [-0.4, -0.2) is 22.8 Å². The molecular formula is C16H14N4O2. The predicted octanol–water partition coefficient (Wildman–Crippen LogP) is 0.780. The first-order valence-corrected chi connectivity index (χ1v) is 6.59. The van der Waals surface area contributed by atoms with Gasteiger partial charge in [-0.05, 0) is 29.8 Å². The van der Waals surface area contributed by atoms with E-state index in [0.717, 1.165) is 5.56 Å². The van der Waals surface area contributed by atoms with Crippen LogP contribution >= 0.6 is 0 Å². The molecule has 3 N–H and O–H groups in total. The fourth-order valence-electron chi connectivity index (χ4n) is 1.92. The molecule has 0 saturated heterocycles. The van der Waals surface area contributed by atoms with Gasteiger partial charge in [-0.2, -0.15) is 5.26 Å². The summed E-state index contributed by atoms with van der Waals surface area (Å²) in [4.78, 5) is 27.4. The van der Waals surface area contributed by atoms with E-state index in [1.54, 1.807) is 36.4 Å². The molecule has 0 unspecified atom stereocenters. The molecule has 1 heterocycles. The largest absolute Gasteiger partial charge is 0.368 e. The number of nitriles is 1. The zero-order valence-electron chi connectivity index (χ0n) is 11.7. The van der Waals surface area contributed by atoms with Crippen LogP contribution in [0.4, 0.5) is 0 Å². The van der Waals surface area contributed by atoms with Crippen LogP contribution in [0.25, 0.3) is 0 Å². The highest BCUT2D eigenvalue weighted by molar-refractivity contribution is 5.97. The minimum atomic E-state index is -0.825. The van der Waals surface area contributed by atoms with Gasteiger partial charge in [-0.25, -0.2) is 0 Å². The topological polar surface area (TPSA) is 109 Å². The molecule has 0 fully saturated rings. The molecule has 0 aliphatic heterocycles. The summed E-state index contributed by atoms with van der Waals surface area (Å²) >= 11 is 0. The summed E-state index contributed by atoms with van der Waals surface area (Å²) in [6, 6.07) is 11.1. The van der Waals surface area contributed by atoms with Crippen molar-refractivity contribution in [1.82, 2.24) is 10.3 Å². The van der Waals surface area contributed by atoms with E-state index in [2.05, 4.69) is 10.3 Å². The molecule has 2 rings (SSSR count). The van der Waals surface area contributed by atoms with E-state index < -0.39 is 11.9 Å². The fraction of sp³-hybridized carbons (Fsp3) is 0.125. The van der Waals surface area contributed by atoms with Gasteiger partial charge in [0.2, 0.25) is 5.91 Å². The molecule has 2 aromatic rings. The van der Waals surface area contributed by atoms with Gasteiger partial charge in [0.1, 0.15) is 6.04 Å². The average Bonchev–Trinajstić information content (AvgIpc) is 2.55. The van der Waals surface area contributed by atoms with Crippen LogP contribution in [-0.2, 0) is 11.2 Å². The first kappa shape index (κ1) is 15.2. The number of hydrogen-bond acceptors (Lipinski definition) is 4. The van der Waals surface area contributed by atoms with Gasteiger partial charge in [0.15, 0.2) is 0 Å². The Morgan fingerprint density at radius 2 is 1.82 bits per heavy atom. The lowest BCUT2D eigenvalue weighted by Crippen LogP contribution is -2.45. The lowest BCUT2D eigenvalue weighted by atomic mass is 10.0. The Hall–Kier alpha value is -3.20. The first-order chi connectivity index (χ1) is 10.6. The van der Waals surface area contributed by atoms with E-state index in [4.69, 9.17) is 11.0 Å². The Labute approximate surface area is 127 Å². The number of primary amides is 1. The number of amides is 2. The summed E-state index contributed by atoms with van der Waals surface area (Å²) in [5, 5.41) is 11.4. The molecule has 0 spiro atoms. The minimum Gasteiger partial charge on any atom is -0.368 e. The van der Waals surface area contributed by atoms with Crippen LogP contribution in [0.3, 0.4) is 0 Å². The van der Waals surface area contributed by atoms with Gasteiger partial charge < -0.3 is 11.1 Å². The zero-order valence-corrected chi connectivity index (χ0v) is 11.7. The number of hydrogen-bond donors (Lipinski definition) is 2. The summed E-state index contributed by atoms with van der Waals surface area (Å²) in [6.07, 6.45) is 3.25. The Kier molecular flexibility index (Phi) is 4.83. The maximum atomic E-state index is 12.1. The second-order valence-electron chi connectivity index (χ2n) is 4.68. The molecule has 6 nitrogen and oxygen atoms in total. The van der Waals surface area contributed by atoms with E-state index >= 15 is 0 Å². The van der Waals surface area contributed by atoms with Gasteiger partial charge in [0.25, 0.3) is 5.91 Å². The third-order valence-electron chi connectivity index (χ3n) is 3.11. The number of nitrogens with zero attached hydrogens (tertiary/aromatic N) is 2. The number of carbonyl (C=O) groups is 2. The van der Waals surface area contributed by atoms with Gasteiger partial charge in [-0.1, -0.05) is 12.1 Å². The molecule has 0 aliphatic carbocycles. The van der Waals surface area contributed by atoms with Crippen molar-refractivity contribution in [3.63, 3.8) is 0 Å². The Morgan fingerprint density at radius 3 is 2.36 bits per heavy atom. The highest BCUT2D eigenvalue weighted by Crippen LogP contribution is 2.07. The third kappa shape index (κ3) is 3.90. The average molecular weight is 294 g/mol. The quantitative estimate of drug-likeness (QED) is 0.849. The van der Waals surface area contributed by atoms with Crippen LogP contribution in [0, 0.1) is 11.3 Å². The molecule has 1 aromatic carbocycles. The number of benzene rings is 1. The molecule has 1 atom stereocenters. The minimum absolute atomic E-state index is 0.262. The van der Waals surface area contributed by atoms with Crippen molar-refractivity contribution in [2.45, 2.75) is 12.5 Å². The van der Waals surface area contributed by atoms with Crippen LogP contribution in [0.2, 0.25) is 0 Å². The van der Waals surface area contributed by atoms with E-state index in [-0.39, 0.29) is 12.3 Å². The smallest absolute Gasteiger partial charge is 0.252 e. The summed E-state index contributed by atoms with van der Waals surface area (Å²) in [5.74, 6) is -1.01. The molecule has 6 heteroatoms. The summed E-state index contributed by atoms with van der Waals surface area (Å²) in [6.45, 7) is 0. The van der Waals surface area contributed by atoms with Crippen molar-refractivity contribution in [2.24, 2.45) is 5.73 Å². The number of nitrogens with one attached hydrogen (secondary N) is 1. The highest BCUT2D eigenvalue weighted by atomic mass is 16.2. The molecule has 0 aliphatic rings. The van der Waals surface area contributed by atoms with Gasteiger partial charge in [0, 0.05) is 24.4 Å². The summed E-state index contributed by atoms with van der Waals surface area (Å²) in [5.41, 5.74) is 7.08. The van der Waals surface area contributed by atoms with Gasteiger partial charge >= 0.3 is 0 Å². The lowest BCUT2D eigenvalue weighted by molar-refractivity contribution is -0.119. The fourth-order valence-corrected chi connectivity index (χ4v) is 1.92. The molecule has 0 saturated carbocycles. The normalized spacial score (nSPS) is 11.2. The van der Waals surface area contributed by atoms with Gasteiger partial charge in [-0.15, -0.1) is 0 Å². The Morgan fingerprint density at radius 1 is 1.18 bits per heavy atom. The van der Waals surface area contributed by atoms with Gasteiger partial charge in [-0.3, -0.25) is 14.6 Å². The third-order valence-corrected chi connectivity index (χ3v) is 3.11. The van der Waals surface area contributed by atoms with Crippen LogP contribution in [0.15, 0.2) is 48.8 Å². The summed E-state index contributed by atoms with van der Waals surface area (Å²) in [7, 11) is 0. The molecule has 110 valence electrons. The standard InChI is InChI=1S/C16H14N4O2/c17-10-12-3-1-11(2-4-12)9-14(15(18)21)20-16(22)13-5-7-19-8-6-13/h1-8,14H,9H2,(H2,18,21)(H,20,22)/t14-/m0/s1. The number of aromatic nitrogens is 1. The molecule has 22 heavy (non-hydrogen) atoms. The van der Waals surface area contributed by atoms with Crippen LogP contribution in [0.1, 0.15) is 21.5 Å². The first-order valence-electron chi connectivity index (χ1n) is 6.59. The number of carbonyl (C=O) groups excluding carboxylic acids is 2. The van der Waals surface area contributed by atoms with E-state index in [9.17, 15) is 9.59 Å². The summed E-state index contributed by atoms with van der Waals surface area (Å²) < 4.78 is 0. The Bertz CT molecular complexity index is 705. The van der Waals surface area contributed by atoms with Crippen molar-refractivity contribution in [3.8, 4) is 6.07 Å². The molecule has 2 amide bonds.